The number of benzene rings is 2. The van der Waals surface area contributed by atoms with E-state index < -0.39 is 41.8 Å². The summed E-state index contributed by atoms with van der Waals surface area (Å²) in [4.78, 5) is 48.7. The molecule has 2 aromatic rings. The van der Waals surface area contributed by atoms with E-state index in [-0.39, 0.29) is 12.8 Å². The van der Waals surface area contributed by atoms with Crippen molar-refractivity contribution in [2.75, 3.05) is 0 Å². The predicted molar refractivity (Wildman–Crippen MR) is 113 cm³/mol. The average molecular weight is 434 g/mol. The minimum absolute atomic E-state index is 0.00908. The van der Waals surface area contributed by atoms with Gasteiger partial charge < -0.3 is 21.1 Å². The number of amides is 3. The van der Waals surface area contributed by atoms with Gasteiger partial charge in [-0.05, 0) is 23.3 Å². The van der Waals surface area contributed by atoms with Crippen LogP contribution < -0.4 is 16.0 Å². The van der Waals surface area contributed by atoms with Crippen LogP contribution in [0, 0.1) is 11.3 Å². The first-order valence-corrected chi connectivity index (χ1v) is 10.0. The number of nitrogens with one attached hydrogen (secondary N) is 3. The Morgan fingerprint density at radius 1 is 0.969 bits per heavy atom. The van der Waals surface area contributed by atoms with Crippen molar-refractivity contribution in [1.82, 2.24) is 16.0 Å². The van der Waals surface area contributed by atoms with Crippen molar-refractivity contribution in [3.8, 4) is 6.07 Å². The summed E-state index contributed by atoms with van der Waals surface area (Å²) in [5.41, 5.74) is 1.95. The highest BCUT2D eigenvalue weighted by molar-refractivity contribution is 5.99. The van der Waals surface area contributed by atoms with Crippen molar-refractivity contribution in [1.29, 1.82) is 5.26 Å². The van der Waals surface area contributed by atoms with E-state index in [0.29, 0.717) is 17.5 Å². The first-order chi connectivity index (χ1) is 15.4. The van der Waals surface area contributed by atoms with E-state index in [4.69, 9.17) is 5.26 Å². The van der Waals surface area contributed by atoms with Gasteiger partial charge >= 0.3 is 5.97 Å². The van der Waals surface area contributed by atoms with Crippen LogP contribution in [0.15, 0.2) is 54.6 Å². The molecule has 1 fully saturated rings. The SMILES string of the molecule is N#Cc1ccc(C[C@H](NC(=O)C[C@@H]2NC(=O)[C@H](Cc3ccccc3)NC2=O)C(=O)O)cc1. The molecule has 0 saturated carbocycles. The highest BCUT2D eigenvalue weighted by atomic mass is 16.4. The van der Waals surface area contributed by atoms with E-state index in [9.17, 15) is 24.3 Å². The Bertz CT molecular complexity index is 1050. The number of nitrogens with zero attached hydrogens (tertiary/aromatic N) is 1. The van der Waals surface area contributed by atoms with Crippen LogP contribution in [0.3, 0.4) is 0 Å². The van der Waals surface area contributed by atoms with Crippen molar-refractivity contribution in [3.63, 3.8) is 0 Å². The largest absolute Gasteiger partial charge is 0.480 e. The lowest BCUT2D eigenvalue weighted by atomic mass is 10.0. The summed E-state index contributed by atoms with van der Waals surface area (Å²) >= 11 is 0. The monoisotopic (exact) mass is 434 g/mol. The summed E-state index contributed by atoms with van der Waals surface area (Å²) in [7, 11) is 0. The summed E-state index contributed by atoms with van der Waals surface area (Å²) in [5.74, 6) is -2.81. The van der Waals surface area contributed by atoms with Crippen LogP contribution in [0.5, 0.6) is 0 Å². The van der Waals surface area contributed by atoms with E-state index in [1.54, 1.807) is 24.3 Å². The van der Waals surface area contributed by atoms with E-state index in [2.05, 4.69) is 16.0 Å². The lowest BCUT2D eigenvalue weighted by Crippen LogP contribution is -2.63. The first-order valence-electron chi connectivity index (χ1n) is 10.0. The third-order valence-electron chi connectivity index (χ3n) is 5.09. The molecule has 3 atom stereocenters. The lowest BCUT2D eigenvalue weighted by Gasteiger charge is -2.29. The number of carbonyl (C=O) groups is 4. The van der Waals surface area contributed by atoms with Gasteiger partial charge in [-0.15, -0.1) is 0 Å². The minimum atomic E-state index is -1.23. The summed E-state index contributed by atoms with van der Waals surface area (Å²) in [6.07, 6.45) is -0.0507. The van der Waals surface area contributed by atoms with Gasteiger partial charge in [0.15, 0.2) is 0 Å². The summed E-state index contributed by atoms with van der Waals surface area (Å²) in [5, 5.41) is 25.8. The molecule has 9 nitrogen and oxygen atoms in total. The molecule has 1 heterocycles. The highest BCUT2D eigenvalue weighted by Crippen LogP contribution is 2.10. The van der Waals surface area contributed by atoms with E-state index >= 15 is 0 Å². The van der Waals surface area contributed by atoms with Crippen LogP contribution in [0.4, 0.5) is 0 Å². The van der Waals surface area contributed by atoms with Gasteiger partial charge in [-0.25, -0.2) is 4.79 Å². The Labute approximate surface area is 184 Å². The molecular formula is C23H22N4O5. The smallest absolute Gasteiger partial charge is 0.326 e. The minimum Gasteiger partial charge on any atom is -0.480 e. The zero-order valence-corrected chi connectivity index (χ0v) is 17.1. The number of nitriles is 1. The van der Waals surface area contributed by atoms with Gasteiger partial charge in [0.1, 0.15) is 18.1 Å². The van der Waals surface area contributed by atoms with Gasteiger partial charge in [-0.2, -0.15) is 5.26 Å². The highest BCUT2D eigenvalue weighted by Gasteiger charge is 2.35. The zero-order valence-electron chi connectivity index (χ0n) is 17.1. The second-order valence-electron chi connectivity index (χ2n) is 7.49. The van der Waals surface area contributed by atoms with Crippen LogP contribution in [-0.4, -0.2) is 46.9 Å². The molecule has 0 bridgehead atoms. The summed E-state index contributed by atoms with van der Waals surface area (Å²) in [6, 6.07) is 14.5. The second-order valence-corrected chi connectivity index (χ2v) is 7.49. The Kier molecular flexibility index (Phi) is 7.18. The van der Waals surface area contributed by atoms with E-state index in [1.165, 1.54) is 0 Å². The second kappa shape index (κ2) is 10.2. The molecule has 1 saturated heterocycles. The Morgan fingerprint density at radius 3 is 2.22 bits per heavy atom. The maximum Gasteiger partial charge on any atom is 0.326 e. The number of piperazine rings is 1. The standard InChI is InChI=1S/C23H22N4O5/c24-13-16-8-6-15(7-9-16)11-19(23(31)32)25-20(28)12-18-22(30)26-17(21(29)27-18)10-14-4-2-1-3-5-14/h1-9,17-19H,10-12H2,(H,25,28)(H,26,30)(H,27,29)(H,31,32)/t17-,18-,19-/m0/s1. The first kappa shape index (κ1) is 22.5. The number of aliphatic carboxylic acids is 1. The number of rotatable bonds is 8. The van der Waals surface area contributed by atoms with Crippen molar-refractivity contribution in [2.45, 2.75) is 37.4 Å². The molecule has 0 aromatic heterocycles. The fraction of sp³-hybridized carbons (Fsp3) is 0.261. The third-order valence-corrected chi connectivity index (χ3v) is 5.09. The molecule has 3 amide bonds. The maximum absolute atomic E-state index is 12.4. The van der Waals surface area contributed by atoms with E-state index in [0.717, 1.165) is 5.56 Å². The fourth-order valence-corrected chi connectivity index (χ4v) is 3.40. The van der Waals surface area contributed by atoms with Crippen molar-refractivity contribution >= 4 is 23.7 Å². The molecule has 0 unspecified atom stereocenters. The van der Waals surface area contributed by atoms with Crippen molar-refractivity contribution < 1.29 is 24.3 Å². The lowest BCUT2D eigenvalue weighted by molar-refractivity contribution is -0.142. The fourth-order valence-electron chi connectivity index (χ4n) is 3.40. The van der Waals surface area contributed by atoms with Gasteiger partial charge in [0.05, 0.1) is 18.1 Å². The molecule has 3 rings (SSSR count). The third kappa shape index (κ3) is 5.92. The van der Waals surface area contributed by atoms with Crippen molar-refractivity contribution in [2.24, 2.45) is 0 Å². The van der Waals surface area contributed by atoms with Gasteiger partial charge in [0.2, 0.25) is 17.7 Å². The van der Waals surface area contributed by atoms with Crippen molar-refractivity contribution in [3.05, 3.63) is 71.3 Å². The molecule has 2 aromatic carbocycles. The van der Waals surface area contributed by atoms with Crippen LogP contribution in [-0.2, 0) is 32.0 Å². The molecule has 0 aliphatic carbocycles. The summed E-state index contributed by atoms with van der Waals surface area (Å²) < 4.78 is 0. The van der Waals surface area contributed by atoms with Gasteiger partial charge in [0.25, 0.3) is 0 Å². The molecule has 0 spiro atoms. The van der Waals surface area contributed by atoms with Crippen LogP contribution in [0.1, 0.15) is 23.1 Å². The normalized spacial score (nSPS) is 18.6. The van der Waals surface area contributed by atoms with Gasteiger partial charge in [0, 0.05) is 12.8 Å². The number of hydrogen-bond acceptors (Lipinski definition) is 5. The van der Waals surface area contributed by atoms with Crippen LogP contribution >= 0.6 is 0 Å². The predicted octanol–water partition coefficient (Wildman–Crippen LogP) is 0.286. The molecule has 32 heavy (non-hydrogen) atoms. The van der Waals surface area contributed by atoms with Crippen LogP contribution in [0.25, 0.3) is 0 Å². The number of carboxylic acids is 1. The molecular weight excluding hydrogens is 412 g/mol. The quantitative estimate of drug-likeness (QED) is 0.469. The maximum atomic E-state index is 12.4. The topological polar surface area (TPSA) is 148 Å². The molecule has 9 heteroatoms. The summed E-state index contributed by atoms with van der Waals surface area (Å²) in [6.45, 7) is 0. The molecule has 1 aliphatic rings. The zero-order chi connectivity index (χ0) is 23.1. The Balaban J connectivity index is 1.55. The Morgan fingerprint density at radius 2 is 1.59 bits per heavy atom. The molecule has 1 aliphatic heterocycles. The van der Waals surface area contributed by atoms with E-state index in [1.807, 2.05) is 36.4 Å². The molecule has 164 valence electrons. The molecule has 4 N–H and O–H groups in total. The number of hydrogen-bond donors (Lipinski definition) is 4. The molecule has 0 radical (unpaired) electrons. The van der Waals surface area contributed by atoms with Gasteiger partial charge in [-0.1, -0.05) is 42.5 Å². The van der Waals surface area contributed by atoms with Gasteiger partial charge in [-0.3, -0.25) is 14.4 Å². The van der Waals surface area contributed by atoms with Crippen LogP contribution in [0.2, 0.25) is 0 Å². The average Bonchev–Trinajstić information content (AvgIpc) is 2.78. The Hall–Kier alpha value is -4.19. The number of carbonyl (C=O) groups excluding carboxylic acids is 3. The number of carboxylic acid groups (broad SMARTS) is 1.